The lowest BCUT2D eigenvalue weighted by molar-refractivity contribution is 0.105. The summed E-state index contributed by atoms with van der Waals surface area (Å²) < 4.78 is 3.86. The van der Waals surface area contributed by atoms with Crippen LogP contribution in [0.25, 0.3) is 17.3 Å². The smallest absolute Gasteiger partial charge is 0.273 e. The second kappa shape index (κ2) is 9.23. The molecule has 2 heterocycles. The molecule has 0 aliphatic heterocycles. The molecular weight excluding hydrogens is 432 g/mol. The quantitative estimate of drug-likeness (QED) is 0.434. The van der Waals surface area contributed by atoms with E-state index in [0.29, 0.717) is 20.4 Å². The highest BCUT2D eigenvalue weighted by atomic mass is 32.1. The van der Waals surface area contributed by atoms with Gasteiger partial charge < -0.3 is 0 Å². The topological polar surface area (TPSA) is 80.7 Å². The Balaban J connectivity index is 2.08. The highest BCUT2D eigenvalue weighted by molar-refractivity contribution is 7.07. The summed E-state index contributed by atoms with van der Waals surface area (Å²) in [7, 11) is 1.80. The summed E-state index contributed by atoms with van der Waals surface area (Å²) in [5, 5.41) is 14.2. The van der Waals surface area contributed by atoms with Crippen LogP contribution in [0.1, 0.15) is 34.0 Å². The first-order chi connectivity index (χ1) is 15.9. The summed E-state index contributed by atoms with van der Waals surface area (Å²) in [5.74, 6) is -0.398. The third-order valence-corrected chi connectivity index (χ3v) is 6.46. The largest absolute Gasteiger partial charge is 0.288 e. The van der Waals surface area contributed by atoms with Gasteiger partial charge in [0.05, 0.1) is 16.4 Å². The lowest BCUT2D eigenvalue weighted by atomic mass is 10.0. The zero-order valence-electron chi connectivity index (χ0n) is 18.6. The van der Waals surface area contributed by atoms with Crippen molar-refractivity contribution in [2.24, 2.45) is 7.05 Å². The average Bonchev–Trinajstić information content (AvgIpc) is 3.37. The molecule has 0 bridgehead atoms. The van der Waals surface area contributed by atoms with Gasteiger partial charge in [-0.25, -0.2) is 0 Å². The fourth-order valence-electron chi connectivity index (χ4n) is 3.62. The van der Waals surface area contributed by atoms with E-state index in [1.54, 1.807) is 42.3 Å². The fourth-order valence-corrected chi connectivity index (χ4v) is 4.73. The molecule has 164 valence electrons. The minimum absolute atomic E-state index is 0.0564. The zero-order valence-corrected chi connectivity index (χ0v) is 19.4. The Bertz CT molecular complexity index is 1580. The molecule has 0 saturated carbocycles. The van der Waals surface area contributed by atoms with Gasteiger partial charge in [0.1, 0.15) is 16.3 Å². The predicted octanol–water partition coefficient (Wildman–Crippen LogP) is 2.89. The summed E-state index contributed by atoms with van der Waals surface area (Å²) in [6, 6.07) is 16.8. The Hall–Kier alpha value is -4.02. The molecule has 0 saturated heterocycles. The molecule has 6 nitrogen and oxygen atoms in total. The molecule has 0 unspecified atom stereocenters. The Morgan fingerprint density at radius 1 is 1.21 bits per heavy atom. The van der Waals surface area contributed by atoms with Gasteiger partial charge in [0.2, 0.25) is 5.78 Å². The first-order valence-electron chi connectivity index (χ1n) is 10.5. The number of Topliss-reactive ketones (excluding diaryl/α,β-unsaturated/α-hetero) is 1. The van der Waals surface area contributed by atoms with E-state index in [1.807, 2.05) is 50.2 Å². The van der Waals surface area contributed by atoms with E-state index in [2.05, 4.69) is 11.2 Å². The molecule has 4 rings (SSSR count). The number of aromatic nitrogens is 3. The van der Waals surface area contributed by atoms with Gasteiger partial charge >= 0.3 is 0 Å². The summed E-state index contributed by atoms with van der Waals surface area (Å²) in [4.78, 5) is 26.9. The van der Waals surface area contributed by atoms with Gasteiger partial charge in [-0.3, -0.25) is 18.8 Å². The third kappa shape index (κ3) is 4.34. The lowest BCUT2D eigenvalue weighted by Gasteiger charge is -2.07. The van der Waals surface area contributed by atoms with Crippen LogP contribution in [0.5, 0.6) is 0 Å². The van der Waals surface area contributed by atoms with Crippen molar-refractivity contribution in [3.05, 3.63) is 103 Å². The average molecular weight is 455 g/mol. The molecule has 0 aliphatic rings. The Kier molecular flexibility index (Phi) is 6.20. The van der Waals surface area contributed by atoms with Crippen molar-refractivity contribution in [1.29, 1.82) is 5.26 Å². The van der Waals surface area contributed by atoms with Crippen LogP contribution < -0.4 is 14.8 Å². The van der Waals surface area contributed by atoms with Gasteiger partial charge in [0.15, 0.2) is 0 Å². The van der Waals surface area contributed by atoms with Gasteiger partial charge in [0, 0.05) is 24.4 Å². The van der Waals surface area contributed by atoms with E-state index < -0.39 is 5.78 Å². The summed E-state index contributed by atoms with van der Waals surface area (Å²) in [6.45, 7) is 3.86. The number of hydrogen-bond donors (Lipinski definition) is 0. The molecule has 0 spiro atoms. The number of thiazole rings is 1. The normalized spacial score (nSPS) is 12.5. The lowest BCUT2D eigenvalue weighted by Crippen LogP contribution is -2.31. The molecule has 0 aliphatic carbocycles. The van der Waals surface area contributed by atoms with Crippen molar-refractivity contribution in [3.63, 3.8) is 0 Å². The van der Waals surface area contributed by atoms with E-state index >= 15 is 0 Å². The van der Waals surface area contributed by atoms with Crippen LogP contribution in [-0.2, 0) is 13.5 Å². The highest BCUT2D eigenvalue weighted by Gasteiger charge is 2.19. The first-order valence-corrected chi connectivity index (χ1v) is 11.3. The second-order valence-corrected chi connectivity index (χ2v) is 8.69. The van der Waals surface area contributed by atoms with Gasteiger partial charge in [-0.15, -0.1) is 11.3 Å². The van der Waals surface area contributed by atoms with Crippen molar-refractivity contribution in [3.8, 4) is 11.8 Å². The van der Waals surface area contributed by atoms with E-state index in [0.717, 1.165) is 34.4 Å². The van der Waals surface area contributed by atoms with Crippen LogP contribution in [0, 0.1) is 18.3 Å². The molecule has 4 aromatic rings. The van der Waals surface area contributed by atoms with Gasteiger partial charge in [-0.05, 0) is 42.7 Å². The maximum Gasteiger partial charge on any atom is 0.273 e. The number of carbonyl (C=O) groups is 1. The van der Waals surface area contributed by atoms with Crippen molar-refractivity contribution < 1.29 is 4.79 Å². The number of ketones is 1. The van der Waals surface area contributed by atoms with Crippen molar-refractivity contribution in [2.75, 3.05) is 0 Å². The van der Waals surface area contributed by atoms with Crippen LogP contribution in [0.15, 0.2) is 65.7 Å². The molecule has 0 N–H and O–H groups in total. The van der Waals surface area contributed by atoms with Crippen molar-refractivity contribution in [2.45, 2.75) is 20.3 Å². The number of aryl methyl sites for hydroxylation is 3. The zero-order chi connectivity index (χ0) is 23.5. The highest BCUT2D eigenvalue weighted by Crippen LogP contribution is 2.14. The maximum atomic E-state index is 13.5. The number of hydrogen-bond acceptors (Lipinski definition) is 5. The minimum Gasteiger partial charge on any atom is -0.288 e. The summed E-state index contributed by atoms with van der Waals surface area (Å²) in [5.41, 5.74) is 3.33. The number of nitriles is 1. The first kappa shape index (κ1) is 22.2. The number of rotatable bonds is 5. The minimum atomic E-state index is -0.398. The second-order valence-electron chi connectivity index (χ2n) is 7.66. The molecule has 0 atom stereocenters. The molecule has 0 radical (unpaired) electrons. The molecule has 2 aromatic carbocycles. The van der Waals surface area contributed by atoms with Crippen molar-refractivity contribution in [1.82, 2.24) is 14.3 Å². The summed E-state index contributed by atoms with van der Waals surface area (Å²) in [6.07, 6.45) is 5.99. The Morgan fingerprint density at radius 3 is 2.67 bits per heavy atom. The van der Waals surface area contributed by atoms with E-state index in [-0.39, 0.29) is 11.1 Å². The van der Waals surface area contributed by atoms with Gasteiger partial charge in [-0.1, -0.05) is 43.3 Å². The molecule has 0 amide bonds. The fraction of sp³-hybridized carbons (Fsp3) is 0.154. The molecule has 33 heavy (non-hydrogen) atoms. The molecular formula is C26H22N4O2S. The standard InChI is InChI=1S/C26H22N4O2S/c1-4-18-9-7-10-20(12-18)30-25(32)23(13-19-15-28-29(3)16-19)33-26(30)22(14-27)24(31)21-11-6-5-8-17(21)2/h5-13,15-16H,4H2,1-3H3. The Labute approximate surface area is 195 Å². The predicted molar refractivity (Wildman–Crippen MR) is 130 cm³/mol. The molecule has 2 aromatic heterocycles. The van der Waals surface area contributed by atoms with Gasteiger partial charge in [-0.2, -0.15) is 10.4 Å². The third-order valence-electron chi connectivity index (χ3n) is 5.37. The summed E-state index contributed by atoms with van der Waals surface area (Å²) >= 11 is 1.14. The number of carbonyl (C=O) groups excluding carboxylic acids is 1. The van der Waals surface area contributed by atoms with Gasteiger partial charge in [0.25, 0.3) is 5.56 Å². The number of benzene rings is 2. The van der Waals surface area contributed by atoms with E-state index in [1.165, 1.54) is 4.57 Å². The molecule has 0 fully saturated rings. The molecule has 7 heteroatoms. The number of nitrogens with zero attached hydrogens (tertiary/aromatic N) is 4. The maximum absolute atomic E-state index is 13.5. The van der Waals surface area contributed by atoms with Crippen molar-refractivity contribution >= 4 is 28.8 Å². The van der Waals surface area contributed by atoms with Crippen LogP contribution >= 0.6 is 11.3 Å². The van der Waals surface area contributed by atoms with E-state index in [9.17, 15) is 14.9 Å². The van der Waals surface area contributed by atoms with Crippen LogP contribution in [-0.4, -0.2) is 20.1 Å². The Morgan fingerprint density at radius 2 is 2.00 bits per heavy atom. The van der Waals surface area contributed by atoms with Crippen LogP contribution in [0.2, 0.25) is 0 Å². The van der Waals surface area contributed by atoms with E-state index in [4.69, 9.17) is 0 Å². The monoisotopic (exact) mass is 454 g/mol. The van der Waals surface area contributed by atoms with Crippen LogP contribution in [0.3, 0.4) is 0 Å². The van der Waals surface area contributed by atoms with Crippen LogP contribution in [0.4, 0.5) is 0 Å². The SMILES string of the molecule is CCc1cccc(-n2c(=C(C#N)C(=O)c3ccccc3C)sc(=Cc3cnn(C)c3)c2=O)c1.